The lowest BCUT2D eigenvalue weighted by Crippen LogP contribution is -2.14. The Bertz CT molecular complexity index is 596. The second-order valence-electron chi connectivity index (χ2n) is 4.95. The quantitative estimate of drug-likeness (QED) is 0.874. The topological polar surface area (TPSA) is 21.3 Å². The number of halogens is 2. The minimum Gasteiger partial charge on any atom is -0.454 e. The molecular formula is C16H15ClFNO. The van der Waals surface area contributed by atoms with E-state index in [9.17, 15) is 4.39 Å². The lowest BCUT2D eigenvalue weighted by Gasteiger charge is -2.08. The van der Waals surface area contributed by atoms with E-state index in [1.54, 1.807) is 12.1 Å². The predicted octanol–water partition coefficient (Wildman–Crippen LogP) is 4.52. The van der Waals surface area contributed by atoms with E-state index >= 15 is 0 Å². The van der Waals surface area contributed by atoms with Gasteiger partial charge in [0.2, 0.25) is 0 Å². The number of nitrogens with one attached hydrogen (secondary N) is 1. The summed E-state index contributed by atoms with van der Waals surface area (Å²) in [4.78, 5) is 0. The Morgan fingerprint density at radius 1 is 1.15 bits per heavy atom. The average molecular weight is 292 g/mol. The number of ether oxygens (including phenoxy) is 1. The van der Waals surface area contributed by atoms with Gasteiger partial charge in [-0.3, -0.25) is 0 Å². The minimum absolute atomic E-state index is 0.0627. The van der Waals surface area contributed by atoms with Crippen LogP contribution in [0.25, 0.3) is 0 Å². The van der Waals surface area contributed by atoms with Crippen molar-refractivity contribution in [3.63, 3.8) is 0 Å². The molecule has 3 rings (SSSR count). The molecule has 2 aromatic rings. The molecule has 1 aliphatic rings. The third-order valence-electron chi connectivity index (χ3n) is 3.24. The van der Waals surface area contributed by atoms with E-state index in [4.69, 9.17) is 16.3 Å². The summed E-state index contributed by atoms with van der Waals surface area (Å²) in [5.74, 6) is 0.205. The molecule has 0 atom stereocenters. The highest BCUT2D eigenvalue weighted by Crippen LogP contribution is 2.28. The SMILES string of the molecule is Fc1c(Cl)cccc1Oc1ccc(CNC2CC2)cc1. The number of hydrogen-bond donors (Lipinski definition) is 1. The molecule has 0 spiro atoms. The van der Waals surface area contributed by atoms with Gasteiger partial charge in [-0.2, -0.15) is 0 Å². The van der Waals surface area contributed by atoms with Crippen molar-refractivity contribution in [3.8, 4) is 11.5 Å². The summed E-state index contributed by atoms with van der Waals surface area (Å²) in [6.07, 6.45) is 2.55. The molecule has 0 bridgehead atoms. The van der Waals surface area contributed by atoms with Crippen LogP contribution in [0.2, 0.25) is 5.02 Å². The smallest absolute Gasteiger partial charge is 0.184 e. The predicted molar refractivity (Wildman–Crippen MR) is 77.8 cm³/mol. The zero-order valence-corrected chi connectivity index (χ0v) is 11.7. The first-order valence-electron chi connectivity index (χ1n) is 6.66. The van der Waals surface area contributed by atoms with E-state index in [-0.39, 0.29) is 10.8 Å². The normalized spacial score (nSPS) is 14.3. The molecule has 1 saturated carbocycles. The molecule has 1 aliphatic carbocycles. The highest BCUT2D eigenvalue weighted by atomic mass is 35.5. The summed E-state index contributed by atoms with van der Waals surface area (Å²) in [6, 6.07) is 13.0. The summed E-state index contributed by atoms with van der Waals surface area (Å²) in [6.45, 7) is 0.858. The van der Waals surface area contributed by atoms with Crippen LogP contribution in [0.1, 0.15) is 18.4 Å². The monoisotopic (exact) mass is 291 g/mol. The van der Waals surface area contributed by atoms with Gasteiger partial charge in [0.25, 0.3) is 0 Å². The maximum atomic E-state index is 13.7. The van der Waals surface area contributed by atoms with Crippen molar-refractivity contribution >= 4 is 11.6 Å². The summed E-state index contributed by atoms with van der Waals surface area (Å²) in [5.41, 5.74) is 1.19. The first kappa shape index (κ1) is 13.4. The van der Waals surface area contributed by atoms with Gasteiger partial charge in [-0.15, -0.1) is 0 Å². The van der Waals surface area contributed by atoms with Gasteiger partial charge in [0, 0.05) is 12.6 Å². The largest absolute Gasteiger partial charge is 0.454 e. The maximum Gasteiger partial charge on any atom is 0.184 e. The first-order valence-corrected chi connectivity index (χ1v) is 7.04. The molecule has 1 fully saturated rings. The van der Waals surface area contributed by atoms with Crippen molar-refractivity contribution in [3.05, 3.63) is 58.9 Å². The van der Waals surface area contributed by atoms with Gasteiger partial charge < -0.3 is 10.1 Å². The van der Waals surface area contributed by atoms with Crippen molar-refractivity contribution in [2.75, 3.05) is 0 Å². The zero-order chi connectivity index (χ0) is 13.9. The van der Waals surface area contributed by atoms with Crippen LogP contribution in [0.3, 0.4) is 0 Å². The Balaban J connectivity index is 1.66. The molecule has 0 unspecified atom stereocenters. The number of benzene rings is 2. The van der Waals surface area contributed by atoms with Gasteiger partial charge >= 0.3 is 0 Å². The summed E-state index contributed by atoms with van der Waals surface area (Å²) >= 11 is 5.72. The molecule has 0 saturated heterocycles. The van der Waals surface area contributed by atoms with Crippen LogP contribution in [0, 0.1) is 5.82 Å². The highest BCUT2D eigenvalue weighted by Gasteiger charge is 2.19. The highest BCUT2D eigenvalue weighted by molar-refractivity contribution is 6.30. The lowest BCUT2D eigenvalue weighted by atomic mass is 10.2. The molecule has 0 heterocycles. The van der Waals surface area contributed by atoms with Crippen molar-refractivity contribution in [1.29, 1.82) is 0 Å². The van der Waals surface area contributed by atoms with E-state index < -0.39 is 5.82 Å². The van der Waals surface area contributed by atoms with E-state index in [1.165, 1.54) is 24.5 Å². The Kier molecular flexibility index (Phi) is 3.90. The van der Waals surface area contributed by atoms with Crippen LogP contribution >= 0.6 is 11.6 Å². The molecule has 104 valence electrons. The van der Waals surface area contributed by atoms with Crippen LogP contribution in [-0.4, -0.2) is 6.04 Å². The molecule has 0 radical (unpaired) electrons. The van der Waals surface area contributed by atoms with Gasteiger partial charge in [0.1, 0.15) is 5.75 Å². The standard InChI is InChI=1S/C16H15ClFNO/c17-14-2-1-3-15(16(14)18)20-13-8-4-11(5-9-13)10-19-12-6-7-12/h1-5,8-9,12,19H,6-7,10H2. The van der Waals surface area contributed by atoms with E-state index in [1.807, 2.05) is 24.3 Å². The molecule has 2 nitrogen and oxygen atoms in total. The fraction of sp³-hybridized carbons (Fsp3) is 0.250. The Hall–Kier alpha value is -1.58. The number of rotatable bonds is 5. The van der Waals surface area contributed by atoms with E-state index in [0.717, 1.165) is 6.54 Å². The van der Waals surface area contributed by atoms with Crippen molar-refractivity contribution in [2.24, 2.45) is 0 Å². The number of hydrogen-bond acceptors (Lipinski definition) is 2. The maximum absolute atomic E-state index is 13.7. The van der Waals surface area contributed by atoms with Crippen LogP contribution < -0.4 is 10.1 Å². The van der Waals surface area contributed by atoms with Gasteiger partial charge in [0.15, 0.2) is 11.6 Å². The van der Waals surface area contributed by atoms with Gasteiger partial charge in [0.05, 0.1) is 5.02 Å². The average Bonchev–Trinajstić information content (AvgIpc) is 3.27. The molecule has 4 heteroatoms. The Labute approximate surface area is 122 Å². The van der Waals surface area contributed by atoms with Crippen molar-refractivity contribution < 1.29 is 9.13 Å². The fourth-order valence-electron chi connectivity index (χ4n) is 1.91. The van der Waals surface area contributed by atoms with E-state index in [2.05, 4.69) is 5.32 Å². The lowest BCUT2D eigenvalue weighted by molar-refractivity contribution is 0.442. The molecular weight excluding hydrogens is 277 g/mol. The summed E-state index contributed by atoms with van der Waals surface area (Å²) in [7, 11) is 0. The Morgan fingerprint density at radius 3 is 2.60 bits per heavy atom. The van der Waals surface area contributed by atoms with Gasteiger partial charge in [-0.05, 0) is 42.7 Å². The third-order valence-corrected chi connectivity index (χ3v) is 3.53. The van der Waals surface area contributed by atoms with Crippen molar-refractivity contribution in [2.45, 2.75) is 25.4 Å². The second-order valence-corrected chi connectivity index (χ2v) is 5.36. The van der Waals surface area contributed by atoms with Crippen LogP contribution in [0.5, 0.6) is 11.5 Å². The molecule has 20 heavy (non-hydrogen) atoms. The first-order chi connectivity index (χ1) is 9.72. The minimum atomic E-state index is -0.534. The zero-order valence-electron chi connectivity index (χ0n) is 10.9. The van der Waals surface area contributed by atoms with Crippen LogP contribution in [0.4, 0.5) is 4.39 Å². The molecule has 0 amide bonds. The van der Waals surface area contributed by atoms with Crippen LogP contribution in [0.15, 0.2) is 42.5 Å². The molecule has 1 N–H and O–H groups in total. The fourth-order valence-corrected chi connectivity index (χ4v) is 2.08. The van der Waals surface area contributed by atoms with E-state index in [0.29, 0.717) is 11.8 Å². The molecule has 0 aliphatic heterocycles. The molecule has 0 aromatic heterocycles. The van der Waals surface area contributed by atoms with Crippen molar-refractivity contribution in [1.82, 2.24) is 5.32 Å². The summed E-state index contributed by atoms with van der Waals surface area (Å²) < 4.78 is 19.2. The van der Waals surface area contributed by atoms with Gasteiger partial charge in [-0.1, -0.05) is 29.8 Å². The second kappa shape index (κ2) is 5.81. The van der Waals surface area contributed by atoms with Crippen LogP contribution in [-0.2, 0) is 6.54 Å². The Morgan fingerprint density at radius 2 is 1.90 bits per heavy atom. The molecule has 2 aromatic carbocycles. The third kappa shape index (κ3) is 3.30. The summed E-state index contributed by atoms with van der Waals surface area (Å²) in [5, 5.41) is 3.50. The van der Waals surface area contributed by atoms with Gasteiger partial charge in [-0.25, -0.2) is 4.39 Å².